The highest BCUT2D eigenvalue weighted by molar-refractivity contribution is 5.93. The first-order valence-electron chi connectivity index (χ1n) is 7.10. The normalized spacial score (nSPS) is 17.8. The summed E-state index contributed by atoms with van der Waals surface area (Å²) in [7, 11) is 0. The minimum Gasteiger partial charge on any atom is -0.463 e. The Labute approximate surface area is 130 Å². The van der Waals surface area contributed by atoms with Crippen molar-refractivity contribution in [2.75, 3.05) is 6.61 Å². The van der Waals surface area contributed by atoms with Crippen LogP contribution >= 0.6 is 0 Å². The number of nitrogens with zero attached hydrogens (tertiary/aromatic N) is 1. The molecule has 0 aromatic heterocycles. The molecule has 114 valence electrons. The van der Waals surface area contributed by atoms with Gasteiger partial charge in [0, 0.05) is 5.70 Å². The summed E-state index contributed by atoms with van der Waals surface area (Å²) in [4.78, 5) is 12.4. The van der Waals surface area contributed by atoms with E-state index in [0.717, 1.165) is 11.1 Å². The lowest BCUT2D eigenvalue weighted by atomic mass is 9.81. The second-order valence-electron chi connectivity index (χ2n) is 5.17. The SMILES string of the molecule is CCOC(=O)C1=C(C)NC(N)=C(C#N)C1c1cccc(C)c1. The number of carbonyl (C=O) groups is 1. The lowest BCUT2D eigenvalue weighted by Crippen LogP contribution is -2.32. The third-order valence-corrected chi connectivity index (χ3v) is 3.58. The summed E-state index contributed by atoms with van der Waals surface area (Å²) in [5.74, 6) is -0.663. The Morgan fingerprint density at radius 2 is 2.18 bits per heavy atom. The summed E-state index contributed by atoms with van der Waals surface area (Å²) in [6.07, 6.45) is 0. The number of dihydropyridines is 1. The lowest BCUT2D eigenvalue weighted by molar-refractivity contribution is -0.138. The first-order valence-corrected chi connectivity index (χ1v) is 7.10. The van der Waals surface area contributed by atoms with Crippen molar-refractivity contribution in [2.24, 2.45) is 5.73 Å². The number of ether oxygens (including phenoxy) is 1. The average molecular weight is 297 g/mol. The zero-order chi connectivity index (χ0) is 16.3. The van der Waals surface area contributed by atoms with Crippen LogP contribution in [-0.2, 0) is 9.53 Å². The number of carbonyl (C=O) groups excluding carboxylic acids is 1. The molecule has 1 aromatic carbocycles. The highest BCUT2D eigenvalue weighted by Crippen LogP contribution is 2.37. The van der Waals surface area contributed by atoms with Gasteiger partial charge in [-0.05, 0) is 26.3 Å². The molecule has 1 unspecified atom stereocenters. The van der Waals surface area contributed by atoms with Crippen LogP contribution in [0.25, 0.3) is 0 Å². The number of hydrogen-bond acceptors (Lipinski definition) is 5. The van der Waals surface area contributed by atoms with Crippen molar-refractivity contribution in [3.05, 3.63) is 58.1 Å². The van der Waals surface area contributed by atoms with Crippen LogP contribution in [0.15, 0.2) is 46.9 Å². The van der Waals surface area contributed by atoms with E-state index in [1.165, 1.54) is 0 Å². The fourth-order valence-electron chi connectivity index (χ4n) is 2.64. The van der Waals surface area contributed by atoms with Gasteiger partial charge in [0.1, 0.15) is 5.82 Å². The number of nitrogens with two attached hydrogens (primary N) is 1. The summed E-state index contributed by atoms with van der Waals surface area (Å²) in [5.41, 5.74) is 9.21. The summed E-state index contributed by atoms with van der Waals surface area (Å²) in [6.45, 7) is 5.75. The van der Waals surface area contributed by atoms with Crippen molar-refractivity contribution < 1.29 is 9.53 Å². The number of hydrogen-bond donors (Lipinski definition) is 2. The molecule has 1 aromatic rings. The maximum absolute atomic E-state index is 12.4. The van der Waals surface area contributed by atoms with E-state index in [1.54, 1.807) is 13.8 Å². The molecule has 0 amide bonds. The van der Waals surface area contributed by atoms with Crippen LogP contribution < -0.4 is 11.1 Å². The zero-order valence-corrected chi connectivity index (χ0v) is 12.9. The van der Waals surface area contributed by atoms with Crippen molar-refractivity contribution >= 4 is 5.97 Å². The van der Waals surface area contributed by atoms with Crippen LogP contribution in [0, 0.1) is 18.3 Å². The molecule has 0 saturated carbocycles. The monoisotopic (exact) mass is 297 g/mol. The van der Waals surface area contributed by atoms with Gasteiger partial charge in [-0.1, -0.05) is 29.8 Å². The molecule has 0 fully saturated rings. The van der Waals surface area contributed by atoms with Crippen LogP contribution in [0.4, 0.5) is 0 Å². The molecule has 1 aliphatic heterocycles. The number of nitriles is 1. The zero-order valence-electron chi connectivity index (χ0n) is 12.9. The summed E-state index contributed by atoms with van der Waals surface area (Å²) < 4.78 is 5.15. The van der Waals surface area contributed by atoms with Gasteiger partial charge in [-0.25, -0.2) is 4.79 Å². The molecule has 0 aliphatic carbocycles. The molecule has 22 heavy (non-hydrogen) atoms. The Kier molecular flexibility index (Phi) is 4.52. The van der Waals surface area contributed by atoms with Crippen LogP contribution in [0.1, 0.15) is 30.9 Å². The van der Waals surface area contributed by atoms with Crippen LogP contribution in [0.5, 0.6) is 0 Å². The van der Waals surface area contributed by atoms with Gasteiger partial charge in [-0.3, -0.25) is 0 Å². The molecular formula is C17H19N3O2. The Hall–Kier alpha value is -2.74. The Morgan fingerprint density at radius 3 is 2.77 bits per heavy atom. The fourth-order valence-corrected chi connectivity index (χ4v) is 2.64. The molecule has 5 heteroatoms. The summed E-state index contributed by atoms with van der Waals surface area (Å²) >= 11 is 0. The van der Waals surface area contributed by atoms with E-state index in [-0.39, 0.29) is 12.4 Å². The van der Waals surface area contributed by atoms with E-state index in [1.807, 2.05) is 31.2 Å². The van der Waals surface area contributed by atoms with Gasteiger partial charge < -0.3 is 15.8 Å². The standard InChI is InChI=1S/C17H19N3O2/c1-4-22-17(21)14-11(3)20-16(19)13(9-18)15(14)12-7-5-6-10(2)8-12/h5-8,15,20H,4,19H2,1-3H3. The van der Waals surface area contributed by atoms with E-state index < -0.39 is 11.9 Å². The lowest BCUT2D eigenvalue weighted by Gasteiger charge is -2.28. The maximum Gasteiger partial charge on any atom is 0.336 e. The maximum atomic E-state index is 12.4. The first-order chi connectivity index (χ1) is 10.5. The molecule has 0 bridgehead atoms. The van der Waals surface area contributed by atoms with E-state index in [4.69, 9.17) is 10.5 Å². The van der Waals surface area contributed by atoms with E-state index in [2.05, 4.69) is 11.4 Å². The van der Waals surface area contributed by atoms with Crippen molar-refractivity contribution in [3.8, 4) is 6.07 Å². The van der Waals surface area contributed by atoms with Crippen molar-refractivity contribution in [2.45, 2.75) is 26.7 Å². The first kappa shape index (κ1) is 15.6. The molecule has 0 radical (unpaired) electrons. The number of esters is 1. The molecule has 0 spiro atoms. The third kappa shape index (κ3) is 2.82. The summed E-state index contributed by atoms with van der Waals surface area (Å²) in [6, 6.07) is 9.82. The number of allylic oxidation sites excluding steroid dienone is 2. The minimum atomic E-state index is -0.509. The fraction of sp³-hybridized carbons (Fsp3) is 0.294. The number of nitrogens with one attached hydrogen (secondary N) is 1. The number of benzene rings is 1. The highest BCUT2D eigenvalue weighted by atomic mass is 16.5. The van der Waals surface area contributed by atoms with Gasteiger partial charge in [0.15, 0.2) is 0 Å². The van der Waals surface area contributed by atoms with E-state index >= 15 is 0 Å². The molecule has 1 aliphatic rings. The topological polar surface area (TPSA) is 88.1 Å². The van der Waals surface area contributed by atoms with E-state index in [0.29, 0.717) is 16.8 Å². The van der Waals surface area contributed by atoms with Gasteiger partial charge in [0.25, 0.3) is 0 Å². The quantitative estimate of drug-likeness (QED) is 0.835. The number of aryl methyl sites for hydroxylation is 1. The highest BCUT2D eigenvalue weighted by Gasteiger charge is 2.34. The molecule has 1 atom stereocenters. The van der Waals surface area contributed by atoms with Gasteiger partial charge in [-0.2, -0.15) is 5.26 Å². The minimum absolute atomic E-state index is 0.275. The molecule has 1 heterocycles. The van der Waals surface area contributed by atoms with Crippen LogP contribution in [0.3, 0.4) is 0 Å². The Balaban J connectivity index is 2.62. The van der Waals surface area contributed by atoms with Gasteiger partial charge in [-0.15, -0.1) is 0 Å². The second kappa shape index (κ2) is 6.35. The molecular weight excluding hydrogens is 278 g/mol. The van der Waals surface area contributed by atoms with Gasteiger partial charge in [0.05, 0.1) is 29.7 Å². The Bertz CT molecular complexity index is 711. The second-order valence-corrected chi connectivity index (χ2v) is 5.17. The average Bonchev–Trinajstić information content (AvgIpc) is 2.46. The van der Waals surface area contributed by atoms with Gasteiger partial charge >= 0.3 is 5.97 Å². The van der Waals surface area contributed by atoms with E-state index in [9.17, 15) is 10.1 Å². The van der Waals surface area contributed by atoms with Crippen molar-refractivity contribution in [1.82, 2.24) is 5.32 Å². The summed E-state index contributed by atoms with van der Waals surface area (Å²) in [5, 5.41) is 12.4. The number of rotatable bonds is 3. The molecule has 3 N–H and O–H groups in total. The smallest absolute Gasteiger partial charge is 0.336 e. The predicted molar refractivity (Wildman–Crippen MR) is 83.2 cm³/mol. The largest absolute Gasteiger partial charge is 0.463 e. The van der Waals surface area contributed by atoms with Crippen LogP contribution in [0.2, 0.25) is 0 Å². The Morgan fingerprint density at radius 1 is 1.45 bits per heavy atom. The molecule has 5 nitrogen and oxygen atoms in total. The van der Waals surface area contributed by atoms with Crippen LogP contribution in [-0.4, -0.2) is 12.6 Å². The third-order valence-electron chi connectivity index (χ3n) is 3.58. The van der Waals surface area contributed by atoms with Crippen molar-refractivity contribution in [3.63, 3.8) is 0 Å². The van der Waals surface area contributed by atoms with Crippen molar-refractivity contribution in [1.29, 1.82) is 5.26 Å². The predicted octanol–water partition coefficient (Wildman–Crippen LogP) is 2.21. The molecule has 0 saturated heterocycles. The molecule has 2 rings (SSSR count). The van der Waals surface area contributed by atoms with Gasteiger partial charge in [0.2, 0.25) is 0 Å².